The SMILES string of the molecule is Cc1cccc(C(=O)N2C(CC(C)C)SCC2C(=O)NCCC(c2ccccc2)c2ccccc2)c1. The molecule has 3 aromatic carbocycles. The topological polar surface area (TPSA) is 49.4 Å². The van der Waals surface area contributed by atoms with Gasteiger partial charge in [0, 0.05) is 23.8 Å². The van der Waals surface area contributed by atoms with E-state index >= 15 is 0 Å². The Morgan fingerprint density at radius 3 is 2.17 bits per heavy atom. The van der Waals surface area contributed by atoms with Gasteiger partial charge in [0.2, 0.25) is 5.91 Å². The van der Waals surface area contributed by atoms with Crippen molar-refractivity contribution in [3.63, 3.8) is 0 Å². The van der Waals surface area contributed by atoms with Crippen molar-refractivity contribution in [2.75, 3.05) is 12.3 Å². The molecule has 36 heavy (non-hydrogen) atoms. The molecule has 5 heteroatoms. The molecule has 1 heterocycles. The van der Waals surface area contributed by atoms with Gasteiger partial charge in [-0.2, -0.15) is 0 Å². The van der Waals surface area contributed by atoms with Crippen molar-refractivity contribution in [3.05, 3.63) is 107 Å². The lowest BCUT2D eigenvalue weighted by Gasteiger charge is -2.30. The van der Waals surface area contributed by atoms with Gasteiger partial charge in [-0.25, -0.2) is 0 Å². The van der Waals surface area contributed by atoms with Crippen molar-refractivity contribution in [3.8, 4) is 0 Å². The summed E-state index contributed by atoms with van der Waals surface area (Å²) in [7, 11) is 0. The molecule has 0 saturated carbocycles. The normalized spacial score (nSPS) is 17.5. The van der Waals surface area contributed by atoms with Crippen molar-refractivity contribution < 1.29 is 9.59 Å². The van der Waals surface area contributed by atoms with Gasteiger partial charge in [0.05, 0.1) is 5.37 Å². The zero-order valence-corrected chi connectivity index (χ0v) is 22.2. The van der Waals surface area contributed by atoms with Crippen LogP contribution >= 0.6 is 11.8 Å². The van der Waals surface area contributed by atoms with Crippen molar-refractivity contribution in [1.82, 2.24) is 10.2 Å². The number of thioether (sulfide) groups is 1. The second-order valence-corrected chi connectivity index (χ2v) is 11.2. The van der Waals surface area contributed by atoms with Crippen LogP contribution in [0.2, 0.25) is 0 Å². The van der Waals surface area contributed by atoms with Gasteiger partial charge in [0.25, 0.3) is 5.91 Å². The molecule has 2 unspecified atom stereocenters. The van der Waals surface area contributed by atoms with Gasteiger partial charge in [-0.15, -0.1) is 11.8 Å². The molecule has 1 N–H and O–H groups in total. The average Bonchev–Trinajstić information content (AvgIpc) is 3.30. The van der Waals surface area contributed by atoms with E-state index in [4.69, 9.17) is 0 Å². The van der Waals surface area contributed by atoms with E-state index in [0.717, 1.165) is 18.4 Å². The van der Waals surface area contributed by atoms with Gasteiger partial charge < -0.3 is 10.2 Å². The maximum atomic E-state index is 13.6. The van der Waals surface area contributed by atoms with Crippen LogP contribution in [0.4, 0.5) is 0 Å². The highest BCUT2D eigenvalue weighted by atomic mass is 32.2. The molecule has 0 bridgehead atoms. The van der Waals surface area contributed by atoms with Crippen molar-refractivity contribution in [2.24, 2.45) is 5.92 Å². The van der Waals surface area contributed by atoms with Crippen LogP contribution < -0.4 is 5.32 Å². The van der Waals surface area contributed by atoms with Gasteiger partial charge in [-0.1, -0.05) is 92.2 Å². The molecule has 0 radical (unpaired) electrons. The fraction of sp³-hybridized carbons (Fsp3) is 0.355. The number of nitrogens with one attached hydrogen (secondary N) is 1. The Bertz CT molecular complexity index is 1110. The first kappa shape index (κ1) is 26.0. The largest absolute Gasteiger partial charge is 0.354 e. The summed E-state index contributed by atoms with van der Waals surface area (Å²) in [5, 5.41) is 3.18. The van der Waals surface area contributed by atoms with Gasteiger partial charge in [0.1, 0.15) is 6.04 Å². The van der Waals surface area contributed by atoms with E-state index in [1.54, 1.807) is 11.8 Å². The molecule has 2 amide bonds. The first-order valence-corrected chi connectivity index (χ1v) is 13.9. The Labute approximate surface area is 219 Å². The zero-order valence-electron chi connectivity index (χ0n) is 21.4. The summed E-state index contributed by atoms with van der Waals surface area (Å²) in [6, 6.07) is 28.1. The van der Waals surface area contributed by atoms with Crippen molar-refractivity contribution in [2.45, 2.75) is 50.9 Å². The molecule has 0 aromatic heterocycles. The van der Waals surface area contributed by atoms with Gasteiger partial charge in [0.15, 0.2) is 0 Å². The van der Waals surface area contributed by atoms with Crippen LogP contribution in [0.5, 0.6) is 0 Å². The minimum Gasteiger partial charge on any atom is -0.354 e. The number of carbonyl (C=O) groups excluding carboxylic acids is 2. The summed E-state index contributed by atoms with van der Waals surface area (Å²) in [4.78, 5) is 28.9. The Hall–Kier alpha value is -3.05. The second kappa shape index (κ2) is 12.3. The maximum Gasteiger partial charge on any atom is 0.255 e. The van der Waals surface area contributed by atoms with Crippen LogP contribution in [0.1, 0.15) is 59.7 Å². The maximum absolute atomic E-state index is 13.6. The van der Waals surface area contributed by atoms with Crippen LogP contribution in [0.25, 0.3) is 0 Å². The van der Waals surface area contributed by atoms with E-state index in [-0.39, 0.29) is 23.1 Å². The highest BCUT2D eigenvalue weighted by molar-refractivity contribution is 8.00. The van der Waals surface area contributed by atoms with Crippen LogP contribution in [-0.4, -0.2) is 40.4 Å². The molecule has 3 aromatic rings. The van der Waals surface area contributed by atoms with E-state index in [1.165, 1.54) is 11.1 Å². The highest BCUT2D eigenvalue weighted by Crippen LogP contribution is 2.35. The molecular formula is C31H36N2O2S. The molecule has 4 rings (SSSR count). The summed E-state index contributed by atoms with van der Waals surface area (Å²) in [5.74, 6) is 1.15. The van der Waals surface area contributed by atoms with Crippen molar-refractivity contribution in [1.29, 1.82) is 0 Å². The van der Waals surface area contributed by atoms with Crippen LogP contribution in [-0.2, 0) is 4.79 Å². The number of rotatable bonds is 9. The number of aryl methyl sites for hydroxylation is 1. The zero-order chi connectivity index (χ0) is 25.5. The fourth-order valence-electron chi connectivity index (χ4n) is 4.90. The summed E-state index contributed by atoms with van der Waals surface area (Å²) < 4.78 is 0. The fourth-order valence-corrected chi connectivity index (χ4v) is 6.54. The lowest BCUT2D eigenvalue weighted by molar-refractivity contribution is -0.124. The number of benzene rings is 3. The van der Waals surface area contributed by atoms with E-state index in [0.29, 0.717) is 23.8 Å². The molecule has 0 spiro atoms. The average molecular weight is 501 g/mol. The molecule has 2 atom stereocenters. The summed E-state index contributed by atoms with van der Waals surface area (Å²) >= 11 is 1.72. The van der Waals surface area contributed by atoms with Gasteiger partial charge >= 0.3 is 0 Å². The van der Waals surface area contributed by atoms with E-state index < -0.39 is 6.04 Å². The molecule has 188 valence electrons. The Balaban J connectivity index is 1.47. The van der Waals surface area contributed by atoms with Crippen LogP contribution in [0, 0.1) is 12.8 Å². The number of amides is 2. The van der Waals surface area contributed by atoms with Crippen LogP contribution in [0.3, 0.4) is 0 Å². The second-order valence-electron chi connectivity index (χ2n) is 9.97. The lowest BCUT2D eigenvalue weighted by Crippen LogP contribution is -2.50. The van der Waals surface area contributed by atoms with E-state index in [2.05, 4.69) is 67.7 Å². The lowest BCUT2D eigenvalue weighted by atomic mass is 9.88. The summed E-state index contributed by atoms with van der Waals surface area (Å²) in [5.41, 5.74) is 4.17. The third-order valence-electron chi connectivity index (χ3n) is 6.70. The molecule has 1 saturated heterocycles. The summed E-state index contributed by atoms with van der Waals surface area (Å²) in [6.07, 6.45) is 1.66. The molecule has 0 aliphatic carbocycles. The third-order valence-corrected chi connectivity index (χ3v) is 8.02. The third kappa shape index (κ3) is 6.38. The van der Waals surface area contributed by atoms with Crippen molar-refractivity contribution >= 4 is 23.6 Å². The number of nitrogens with zero attached hydrogens (tertiary/aromatic N) is 1. The minimum absolute atomic E-state index is 0.00940. The molecule has 4 nitrogen and oxygen atoms in total. The van der Waals surface area contributed by atoms with Gasteiger partial charge in [-0.05, 0) is 48.9 Å². The number of carbonyl (C=O) groups is 2. The summed E-state index contributed by atoms with van der Waals surface area (Å²) in [6.45, 7) is 6.87. The number of hydrogen-bond acceptors (Lipinski definition) is 3. The van der Waals surface area contributed by atoms with Crippen LogP contribution in [0.15, 0.2) is 84.9 Å². The highest BCUT2D eigenvalue weighted by Gasteiger charge is 2.41. The predicted molar refractivity (Wildman–Crippen MR) is 149 cm³/mol. The first-order chi connectivity index (χ1) is 17.4. The Morgan fingerprint density at radius 1 is 0.944 bits per heavy atom. The molecule has 1 aliphatic heterocycles. The number of hydrogen-bond donors (Lipinski definition) is 1. The Kier molecular flexibility index (Phi) is 8.87. The minimum atomic E-state index is -0.460. The monoisotopic (exact) mass is 500 g/mol. The smallest absolute Gasteiger partial charge is 0.255 e. The van der Waals surface area contributed by atoms with E-state index in [9.17, 15) is 9.59 Å². The molecule has 1 fully saturated rings. The molecule has 1 aliphatic rings. The molecular weight excluding hydrogens is 464 g/mol. The Morgan fingerprint density at radius 2 is 1.58 bits per heavy atom. The van der Waals surface area contributed by atoms with Gasteiger partial charge in [-0.3, -0.25) is 9.59 Å². The van der Waals surface area contributed by atoms with E-state index in [1.807, 2.05) is 48.2 Å². The standard InChI is InChI=1S/C31H36N2O2S/c1-22(2)19-29-33(31(35)26-16-10-11-23(3)20-26)28(21-36-29)30(34)32-18-17-27(24-12-6-4-7-13-24)25-14-8-5-9-15-25/h4-16,20,22,27-29H,17-19,21H2,1-3H3,(H,32,34). The predicted octanol–water partition coefficient (Wildman–Crippen LogP) is 6.26. The quantitative estimate of drug-likeness (QED) is 0.377. The first-order valence-electron chi connectivity index (χ1n) is 12.8.